The third kappa shape index (κ3) is 5.45. The number of rotatable bonds is 2. The molecule has 0 saturated heterocycles. The zero-order valence-corrected chi connectivity index (χ0v) is 5.15. The van der Waals surface area contributed by atoms with Gasteiger partial charge in [-0.25, -0.2) is 0 Å². The van der Waals surface area contributed by atoms with Crippen LogP contribution in [0.25, 0.3) is 0 Å². The Bertz CT molecular complexity index is 118. The van der Waals surface area contributed by atoms with Crippen LogP contribution < -0.4 is 5.73 Å². The SMILES string of the molecule is CC#CCC=BCN. The zero-order chi connectivity index (χ0) is 6.24. The average Bonchev–Trinajstić information content (AvgIpc) is 1.81. The van der Waals surface area contributed by atoms with Gasteiger partial charge in [-0.15, -0.1) is 0 Å². The van der Waals surface area contributed by atoms with Crippen LogP contribution in [0.4, 0.5) is 0 Å². The van der Waals surface area contributed by atoms with E-state index in [1.807, 2.05) is 19.8 Å². The van der Waals surface area contributed by atoms with Crippen molar-refractivity contribution in [2.45, 2.75) is 13.3 Å². The first-order valence-corrected chi connectivity index (χ1v) is 2.66. The second-order valence-electron chi connectivity index (χ2n) is 1.34. The van der Waals surface area contributed by atoms with E-state index in [4.69, 9.17) is 5.73 Å². The summed E-state index contributed by atoms with van der Waals surface area (Å²) in [5, 5.41) is 0. The van der Waals surface area contributed by atoms with Gasteiger partial charge < -0.3 is 0 Å². The van der Waals surface area contributed by atoms with E-state index >= 15 is 0 Å². The van der Waals surface area contributed by atoms with Crippen LogP contribution in [0.15, 0.2) is 0 Å². The van der Waals surface area contributed by atoms with Gasteiger partial charge in [0, 0.05) is 0 Å². The summed E-state index contributed by atoms with van der Waals surface area (Å²) in [6.45, 7) is 3.74. The van der Waals surface area contributed by atoms with Gasteiger partial charge in [-0.2, -0.15) is 0 Å². The molecule has 42 valence electrons. The van der Waals surface area contributed by atoms with Gasteiger partial charge in [-0.05, 0) is 0 Å². The third-order valence-corrected chi connectivity index (χ3v) is 0.699. The van der Waals surface area contributed by atoms with Gasteiger partial charge in [-0.3, -0.25) is 0 Å². The zero-order valence-electron chi connectivity index (χ0n) is 5.15. The summed E-state index contributed by atoms with van der Waals surface area (Å²) >= 11 is 0. The van der Waals surface area contributed by atoms with Crippen LogP contribution in [0.3, 0.4) is 0 Å². The molecule has 0 bridgehead atoms. The fraction of sp³-hybridized carbons (Fsp3) is 0.500. The summed E-state index contributed by atoms with van der Waals surface area (Å²) in [4.78, 5) is 0. The topological polar surface area (TPSA) is 26.0 Å². The average molecular weight is 107 g/mol. The van der Waals surface area contributed by atoms with Crippen LogP contribution in [0.1, 0.15) is 13.3 Å². The monoisotopic (exact) mass is 107 g/mol. The fourth-order valence-corrected chi connectivity index (χ4v) is 0.341. The second kappa shape index (κ2) is 6.45. The first-order valence-electron chi connectivity index (χ1n) is 2.66. The summed E-state index contributed by atoms with van der Waals surface area (Å²) in [7, 11) is 0. The van der Waals surface area contributed by atoms with Gasteiger partial charge in [0.25, 0.3) is 0 Å². The number of nitrogens with two attached hydrogens (primary N) is 1. The van der Waals surface area contributed by atoms with Gasteiger partial charge in [-0.1, -0.05) is 0 Å². The van der Waals surface area contributed by atoms with Crippen molar-refractivity contribution in [2.24, 2.45) is 5.73 Å². The maximum absolute atomic E-state index is 5.18. The van der Waals surface area contributed by atoms with E-state index in [0.29, 0.717) is 6.44 Å². The van der Waals surface area contributed by atoms with Crippen LogP contribution in [-0.2, 0) is 0 Å². The van der Waals surface area contributed by atoms with Crippen LogP contribution >= 0.6 is 0 Å². The summed E-state index contributed by atoms with van der Waals surface area (Å²) in [5.74, 6) is 7.64. The molecule has 0 aromatic heterocycles. The van der Waals surface area contributed by atoms with Gasteiger partial charge in [0.05, 0.1) is 0 Å². The standard InChI is InChI=1S/C6H10BN/c1-2-3-4-5-7-6-8/h5H,4,6,8H2,1H3. The Labute approximate surface area is 51.2 Å². The van der Waals surface area contributed by atoms with E-state index in [1.165, 1.54) is 0 Å². The van der Waals surface area contributed by atoms with Gasteiger partial charge in [0.15, 0.2) is 0 Å². The molecule has 0 unspecified atom stereocenters. The first kappa shape index (κ1) is 7.45. The maximum atomic E-state index is 5.18. The Hall–Kier alpha value is -0.545. The third-order valence-electron chi connectivity index (χ3n) is 0.699. The van der Waals surface area contributed by atoms with E-state index in [1.54, 1.807) is 0 Å². The molecule has 0 saturated carbocycles. The number of hydrogen-bond donors (Lipinski definition) is 1. The Morgan fingerprint density at radius 1 is 1.75 bits per heavy atom. The normalized spacial score (nSPS) is 7.75. The van der Waals surface area contributed by atoms with Crippen LogP contribution in [0.2, 0.25) is 0 Å². The molecule has 8 heavy (non-hydrogen) atoms. The van der Waals surface area contributed by atoms with Crippen LogP contribution in [0, 0.1) is 11.8 Å². The predicted molar refractivity (Wildman–Crippen MR) is 38.9 cm³/mol. The van der Waals surface area contributed by atoms with Crippen molar-refractivity contribution in [3.05, 3.63) is 0 Å². The summed E-state index contributed by atoms with van der Waals surface area (Å²) in [5.41, 5.74) is 5.18. The molecule has 0 amide bonds. The molecule has 2 N–H and O–H groups in total. The number of hydrogen-bond acceptors (Lipinski definition) is 1. The Morgan fingerprint density at radius 2 is 2.50 bits per heavy atom. The molecule has 0 aromatic carbocycles. The fourth-order valence-electron chi connectivity index (χ4n) is 0.341. The van der Waals surface area contributed by atoms with Crippen molar-refractivity contribution in [3.63, 3.8) is 0 Å². The van der Waals surface area contributed by atoms with Crippen molar-refractivity contribution < 1.29 is 0 Å². The first-order chi connectivity index (χ1) is 3.91. The molecule has 0 radical (unpaired) electrons. The quantitative estimate of drug-likeness (QED) is 0.384. The summed E-state index contributed by atoms with van der Waals surface area (Å²) in [6.07, 6.45) is 1.44. The molecule has 0 atom stereocenters. The molecule has 0 rings (SSSR count). The predicted octanol–water partition coefficient (Wildman–Crippen LogP) is -0.178. The minimum atomic E-state index is 0.616. The summed E-state index contributed by atoms with van der Waals surface area (Å²) < 4.78 is 0. The summed E-state index contributed by atoms with van der Waals surface area (Å²) in [6, 6.07) is 0. The van der Waals surface area contributed by atoms with Crippen molar-refractivity contribution in [1.29, 1.82) is 0 Å². The molecule has 0 heterocycles. The molecule has 2 heteroatoms. The van der Waals surface area contributed by atoms with E-state index in [9.17, 15) is 0 Å². The Kier molecular flexibility index (Phi) is 6.02. The van der Waals surface area contributed by atoms with E-state index < -0.39 is 0 Å². The van der Waals surface area contributed by atoms with Crippen molar-refractivity contribution in [1.82, 2.24) is 0 Å². The molecule has 0 fully saturated rings. The molecule has 0 aliphatic heterocycles. The van der Waals surface area contributed by atoms with Crippen molar-refractivity contribution >= 4 is 12.9 Å². The Balaban J connectivity index is 3.12. The molecule has 0 aromatic rings. The van der Waals surface area contributed by atoms with Crippen LogP contribution in [-0.4, -0.2) is 19.3 Å². The molecule has 0 aliphatic carbocycles. The molecular weight excluding hydrogens is 96.9 g/mol. The van der Waals surface area contributed by atoms with Crippen molar-refractivity contribution in [3.8, 4) is 11.8 Å². The van der Waals surface area contributed by atoms with E-state index in [0.717, 1.165) is 6.42 Å². The van der Waals surface area contributed by atoms with Gasteiger partial charge in [0.1, 0.15) is 0 Å². The van der Waals surface area contributed by atoms with Gasteiger partial charge >= 0.3 is 50.3 Å². The molecule has 0 spiro atoms. The molecule has 1 nitrogen and oxygen atoms in total. The van der Waals surface area contributed by atoms with Crippen LogP contribution in [0.5, 0.6) is 0 Å². The minimum absolute atomic E-state index is 0.616. The van der Waals surface area contributed by atoms with E-state index in [2.05, 4.69) is 11.8 Å². The molecule has 0 aliphatic rings. The van der Waals surface area contributed by atoms with Crippen molar-refractivity contribution in [2.75, 3.05) is 6.44 Å². The molecular formula is C6H10BN. The Morgan fingerprint density at radius 3 is 3.00 bits per heavy atom. The van der Waals surface area contributed by atoms with E-state index in [-0.39, 0.29) is 0 Å². The van der Waals surface area contributed by atoms with Gasteiger partial charge in [0.2, 0.25) is 0 Å². The second-order valence-corrected chi connectivity index (χ2v) is 1.34.